The minimum Gasteiger partial charge on any atom is -0.496 e. The SMILES string of the molecule is COc1ccccc1CN1CCC(c2[nH]nc3ncccc23)CC1. The molecule has 1 saturated heterocycles. The Labute approximate surface area is 141 Å². The molecule has 1 fully saturated rings. The molecule has 0 unspecified atom stereocenters. The fourth-order valence-corrected chi connectivity index (χ4v) is 3.64. The van der Waals surface area contributed by atoms with Crippen LogP contribution in [-0.2, 0) is 6.54 Å². The number of likely N-dealkylation sites (tertiary alicyclic amines) is 1. The van der Waals surface area contributed by atoms with Crippen LogP contribution in [0.2, 0.25) is 0 Å². The van der Waals surface area contributed by atoms with E-state index in [-0.39, 0.29) is 0 Å². The van der Waals surface area contributed by atoms with E-state index in [1.165, 1.54) is 16.6 Å². The zero-order chi connectivity index (χ0) is 16.4. The Morgan fingerprint density at radius 1 is 1.17 bits per heavy atom. The lowest BCUT2D eigenvalue weighted by Gasteiger charge is -2.31. The number of ether oxygens (including phenoxy) is 1. The van der Waals surface area contributed by atoms with Crippen molar-refractivity contribution in [1.82, 2.24) is 20.1 Å². The summed E-state index contributed by atoms with van der Waals surface area (Å²) in [6, 6.07) is 12.4. The summed E-state index contributed by atoms with van der Waals surface area (Å²) in [5.41, 5.74) is 3.33. The highest BCUT2D eigenvalue weighted by atomic mass is 16.5. The van der Waals surface area contributed by atoms with Crippen molar-refractivity contribution in [3.63, 3.8) is 0 Å². The van der Waals surface area contributed by atoms with E-state index in [4.69, 9.17) is 4.74 Å². The molecule has 0 amide bonds. The molecule has 0 bridgehead atoms. The molecule has 0 atom stereocenters. The van der Waals surface area contributed by atoms with E-state index < -0.39 is 0 Å². The van der Waals surface area contributed by atoms with Crippen molar-refractivity contribution in [3.05, 3.63) is 53.9 Å². The summed E-state index contributed by atoms with van der Waals surface area (Å²) >= 11 is 0. The molecule has 4 rings (SSSR count). The highest BCUT2D eigenvalue weighted by molar-refractivity contribution is 5.77. The number of fused-ring (bicyclic) bond motifs is 1. The van der Waals surface area contributed by atoms with Gasteiger partial charge in [-0.2, -0.15) is 5.10 Å². The zero-order valence-corrected chi connectivity index (χ0v) is 13.9. The second-order valence-corrected chi connectivity index (χ2v) is 6.37. The molecule has 5 heteroatoms. The number of nitrogens with zero attached hydrogens (tertiary/aromatic N) is 3. The van der Waals surface area contributed by atoms with Gasteiger partial charge in [-0.15, -0.1) is 0 Å². The zero-order valence-electron chi connectivity index (χ0n) is 13.9. The second kappa shape index (κ2) is 6.61. The number of pyridine rings is 1. The van der Waals surface area contributed by atoms with Gasteiger partial charge in [0.2, 0.25) is 0 Å². The molecule has 5 nitrogen and oxygen atoms in total. The van der Waals surface area contributed by atoms with Crippen LogP contribution >= 0.6 is 0 Å². The number of aromatic nitrogens is 3. The van der Waals surface area contributed by atoms with Gasteiger partial charge in [0.15, 0.2) is 5.65 Å². The summed E-state index contributed by atoms with van der Waals surface area (Å²) in [7, 11) is 1.74. The quantitative estimate of drug-likeness (QED) is 0.800. The number of H-pyrrole nitrogens is 1. The summed E-state index contributed by atoms with van der Waals surface area (Å²) in [5, 5.41) is 8.72. The third-order valence-corrected chi connectivity index (χ3v) is 4.94. The minimum atomic E-state index is 0.535. The molecule has 24 heavy (non-hydrogen) atoms. The van der Waals surface area contributed by atoms with Gasteiger partial charge in [0.1, 0.15) is 5.75 Å². The standard InChI is InChI=1S/C19H22N4O/c1-24-17-7-3-2-5-15(17)13-23-11-8-14(9-12-23)18-16-6-4-10-20-19(16)22-21-18/h2-7,10,14H,8-9,11-13H2,1H3,(H,20,21,22). The van der Waals surface area contributed by atoms with Crippen LogP contribution in [0.15, 0.2) is 42.6 Å². The number of rotatable bonds is 4. The predicted molar refractivity (Wildman–Crippen MR) is 94.1 cm³/mol. The predicted octanol–water partition coefficient (Wildman–Crippen LogP) is 3.35. The summed E-state index contributed by atoms with van der Waals surface area (Å²) in [4.78, 5) is 6.83. The first-order chi connectivity index (χ1) is 11.8. The maximum absolute atomic E-state index is 5.47. The Morgan fingerprint density at radius 2 is 2.00 bits per heavy atom. The van der Waals surface area contributed by atoms with Crippen molar-refractivity contribution in [2.45, 2.75) is 25.3 Å². The van der Waals surface area contributed by atoms with Gasteiger partial charge in [-0.05, 0) is 44.1 Å². The Hall–Kier alpha value is -2.40. The lowest BCUT2D eigenvalue weighted by atomic mass is 9.92. The summed E-state index contributed by atoms with van der Waals surface area (Å²) in [6.45, 7) is 3.12. The van der Waals surface area contributed by atoms with Gasteiger partial charge in [0.25, 0.3) is 0 Å². The van der Waals surface area contributed by atoms with Crippen LogP contribution in [0.1, 0.15) is 30.0 Å². The molecule has 3 heterocycles. The minimum absolute atomic E-state index is 0.535. The van der Waals surface area contributed by atoms with Crippen LogP contribution < -0.4 is 4.74 Å². The van der Waals surface area contributed by atoms with Gasteiger partial charge >= 0.3 is 0 Å². The van der Waals surface area contributed by atoms with Gasteiger partial charge in [-0.1, -0.05) is 18.2 Å². The van der Waals surface area contributed by atoms with Crippen molar-refractivity contribution in [2.75, 3.05) is 20.2 Å². The molecule has 1 aromatic carbocycles. The first kappa shape index (κ1) is 15.1. The molecule has 0 radical (unpaired) electrons. The number of aromatic amines is 1. The topological polar surface area (TPSA) is 54.0 Å². The number of methoxy groups -OCH3 is 1. The van der Waals surface area contributed by atoms with Crippen LogP contribution in [0, 0.1) is 0 Å². The molecule has 0 saturated carbocycles. The van der Waals surface area contributed by atoms with E-state index in [1.807, 2.05) is 18.2 Å². The van der Waals surface area contributed by atoms with Crippen LogP contribution in [0.25, 0.3) is 11.0 Å². The lowest BCUT2D eigenvalue weighted by Crippen LogP contribution is -2.32. The van der Waals surface area contributed by atoms with Gasteiger partial charge in [-0.25, -0.2) is 4.98 Å². The average Bonchev–Trinajstić information content (AvgIpc) is 3.07. The number of para-hydroxylation sites is 1. The van der Waals surface area contributed by atoms with Gasteiger partial charge in [-0.3, -0.25) is 10.00 Å². The summed E-state index contributed by atoms with van der Waals surface area (Å²) in [5.74, 6) is 1.51. The fourth-order valence-electron chi connectivity index (χ4n) is 3.64. The molecule has 1 aliphatic heterocycles. The Balaban J connectivity index is 1.43. The van der Waals surface area contributed by atoms with Crippen LogP contribution in [0.3, 0.4) is 0 Å². The molecular weight excluding hydrogens is 300 g/mol. The molecule has 1 aliphatic rings. The maximum atomic E-state index is 5.47. The first-order valence-electron chi connectivity index (χ1n) is 8.48. The molecule has 2 aromatic heterocycles. The van der Waals surface area contributed by atoms with Gasteiger partial charge in [0.05, 0.1) is 7.11 Å². The van der Waals surface area contributed by atoms with E-state index in [2.05, 4.69) is 38.3 Å². The lowest BCUT2D eigenvalue weighted by molar-refractivity contribution is 0.201. The Kier molecular flexibility index (Phi) is 4.17. The molecule has 124 valence electrons. The van der Waals surface area contributed by atoms with Crippen molar-refractivity contribution in [2.24, 2.45) is 0 Å². The van der Waals surface area contributed by atoms with Gasteiger partial charge in [0, 0.05) is 35.3 Å². The molecule has 1 N–H and O–H groups in total. The van der Waals surface area contributed by atoms with E-state index in [0.717, 1.165) is 43.9 Å². The smallest absolute Gasteiger partial charge is 0.181 e. The monoisotopic (exact) mass is 322 g/mol. The third-order valence-electron chi connectivity index (χ3n) is 4.94. The maximum Gasteiger partial charge on any atom is 0.181 e. The first-order valence-corrected chi connectivity index (χ1v) is 8.48. The van der Waals surface area contributed by atoms with Crippen molar-refractivity contribution < 1.29 is 4.74 Å². The normalized spacial score (nSPS) is 16.5. The van der Waals surface area contributed by atoms with E-state index in [1.54, 1.807) is 13.3 Å². The van der Waals surface area contributed by atoms with E-state index in [0.29, 0.717) is 5.92 Å². The molecular formula is C19H22N4O. The Morgan fingerprint density at radius 3 is 2.83 bits per heavy atom. The average molecular weight is 322 g/mol. The van der Waals surface area contributed by atoms with Crippen molar-refractivity contribution in [3.8, 4) is 5.75 Å². The van der Waals surface area contributed by atoms with Crippen LogP contribution in [0.5, 0.6) is 5.75 Å². The largest absolute Gasteiger partial charge is 0.496 e. The number of hydrogen-bond donors (Lipinski definition) is 1. The molecule has 3 aromatic rings. The fraction of sp³-hybridized carbons (Fsp3) is 0.368. The summed E-state index contributed by atoms with van der Waals surface area (Å²) < 4.78 is 5.47. The number of piperidine rings is 1. The number of benzene rings is 1. The van der Waals surface area contributed by atoms with E-state index >= 15 is 0 Å². The van der Waals surface area contributed by atoms with Crippen LogP contribution in [0.4, 0.5) is 0 Å². The number of hydrogen-bond acceptors (Lipinski definition) is 4. The van der Waals surface area contributed by atoms with Crippen molar-refractivity contribution >= 4 is 11.0 Å². The molecule has 0 aliphatic carbocycles. The van der Waals surface area contributed by atoms with Crippen LogP contribution in [-0.4, -0.2) is 40.3 Å². The Bertz CT molecular complexity index is 821. The number of nitrogens with one attached hydrogen (secondary N) is 1. The van der Waals surface area contributed by atoms with Gasteiger partial charge < -0.3 is 4.74 Å². The molecule has 0 spiro atoms. The van der Waals surface area contributed by atoms with Crippen molar-refractivity contribution in [1.29, 1.82) is 0 Å². The highest BCUT2D eigenvalue weighted by Crippen LogP contribution is 2.32. The van der Waals surface area contributed by atoms with E-state index in [9.17, 15) is 0 Å². The third kappa shape index (κ3) is 2.87. The second-order valence-electron chi connectivity index (χ2n) is 6.37. The highest BCUT2D eigenvalue weighted by Gasteiger charge is 2.24. The summed E-state index contributed by atoms with van der Waals surface area (Å²) in [6.07, 6.45) is 4.07.